The van der Waals surface area contributed by atoms with Gasteiger partial charge in [0.05, 0.1) is 5.69 Å². The van der Waals surface area contributed by atoms with Gasteiger partial charge in [0.2, 0.25) is 11.8 Å². The van der Waals surface area contributed by atoms with Gasteiger partial charge in [0, 0.05) is 53.2 Å². The van der Waals surface area contributed by atoms with E-state index >= 15 is 0 Å². The maximum absolute atomic E-state index is 12.8. The number of amides is 3. The van der Waals surface area contributed by atoms with Gasteiger partial charge in [-0.1, -0.05) is 25.1 Å². The minimum Gasteiger partial charge on any atom is -0.364 e. The normalized spacial score (nSPS) is 14.9. The summed E-state index contributed by atoms with van der Waals surface area (Å²) in [7, 11) is 3.32. The highest BCUT2D eigenvalue weighted by Gasteiger charge is 2.22. The summed E-state index contributed by atoms with van der Waals surface area (Å²) >= 11 is 0. The number of carbonyl (C=O) groups is 3. The number of carbonyl (C=O) groups excluding carboxylic acids is 3. The van der Waals surface area contributed by atoms with E-state index in [1.54, 1.807) is 6.07 Å². The largest absolute Gasteiger partial charge is 0.364 e. The maximum atomic E-state index is 12.8. The van der Waals surface area contributed by atoms with Gasteiger partial charge in [0.1, 0.15) is 6.04 Å². The Balaban J connectivity index is 2.05. The van der Waals surface area contributed by atoms with E-state index in [4.69, 9.17) is 18.9 Å². The molecule has 2 rings (SSSR count). The Labute approximate surface area is 246 Å². The number of likely N-dealkylation sites (N-methyl/N-ethyl adjacent to an activating group) is 2. The van der Waals surface area contributed by atoms with Crippen LogP contribution in [0.2, 0.25) is 0 Å². The third-order valence-corrected chi connectivity index (χ3v) is 6.38. The van der Waals surface area contributed by atoms with Gasteiger partial charge >= 0.3 is 0 Å². The third kappa shape index (κ3) is 9.04. The number of aromatic nitrogens is 2. The quantitative estimate of drug-likeness (QED) is 0.301. The summed E-state index contributed by atoms with van der Waals surface area (Å²) in [4.78, 5) is 50.2. The summed E-state index contributed by atoms with van der Waals surface area (Å²) in [5.74, 6) is -0.832. The molecule has 0 bridgehead atoms. The van der Waals surface area contributed by atoms with Crippen LogP contribution in [0.3, 0.4) is 0 Å². The van der Waals surface area contributed by atoms with Crippen LogP contribution in [-0.4, -0.2) is 90.7 Å². The number of nitrogens with zero attached hydrogens (tertiary/aromatic N) is 5. The predicted molar refractivity (Wildman–Crippen MR) is 160 cm³/mol. The zero-order valence-electron chi connectivity index (χ0n) is 30.0. The second-order valence-corrected chi connectivity index (χ2v) is 9.62. The molecular weight excluding hydrogens is 508 g/mol. The second kappa shape index (κ2) is 15.0. The lowest BCUT2D eigenvalue weighted by Gasteiger charge is -2.25. The van der Waals surface area contributed by atoms with Crippen LogP contribution in [0.1, 0.15) is 57.7 Å². The Hall–Kier alpha value is -3.99. The molecule has 0 saturated carbocycles. The molecule has 1 atom stereocenters. The van der Waals surface area contributed by atoms with Crippen LogP contribution in [0.4, 0.5) is 17.3 Å². The van der Waals surface area contributed by atoms with Gasteiger partial charge in [-0.05, 0) is 65.3 Å². The Morgan fingerprint density at radius 3 is 2.50 bits per heavy atom. The number of nitrogens with one attached hydrogen (secondary N) is 2. The fourth-order valence-electron chi connectivity index (χ4n) is 3.65. The molecule has 3 amide bonds. The number of anilines is 3. The van der Waals surface area contributed by atoms with Crippen molar-refractivity contribution in [3.63, 3.8) is 0 Å². The van der Waals surface area contributed by atoms with Crippen LogP contribution in [0.15, 0.2) is 36.4 Å². The van der Waals surface area contributed by atoms with E-state index in [1.165, 1.54) is 14.0 Å². The molecule has 1 heterocycles. The number of nitrogens with two attached hydrogens (primary N) is 1. The fourth-order valence-corrected chi connectivity index (χ4v) is 3.65. The molecule has 0 aliphatic carbocycles. The molecule has 4 N–H and O–H groups in total. The molecule has 40 heavy (non-hydrogen) atoms. The summed E-state index contributed by atoms with van der Waals surface area (Å²) in [6, 6.07) is 6.64. The topological polar surface area (TPSA) is 137 Å². The lowest BCUT2D eigenvalue weighted by Crippen LogP contribution is -2.45. The van der Waals surface area contributed by atoms with Gasteiger partial charge in [-0.3, -0.25) is 14.4 Å². The van der Waals surface area contributed by atoms with Crippen LogP contribution in [0.25, 0.3) is 0 Å². The minimum atomic E-state index is -2.87. The lowest BCUT2D eigenvalue weighted by atomic mass is 10.1. The van der Waals surface area contributed by atoms with E-state index in [0.29, 0.717) is 34.9 Å². The van der Waals surface area contributed by atoms with E-state index < -0.39 is 44.3 Å². The molecular formula is C29H44N8O3. The summed E-state index contributed by atoms with van der Waals surface area (Å²) in [6.07, 6.45) is 3.21. The van der Waals surface area contributed by atoms with Gasteiger partial charge in [-0.15, -0.1) is 0 Å². The molecule has 0 fully saturated rings. The second-order valence-electron chi connectivity index (χ2n) is 9.62. The molecule has 218 valence electrons. The molecule has 0 spiro atoms. The summed E-state index contributed by atoms with van der Waals surface area (Å²) < 4.78 is 44.3. The highest BCUT2D eigenvalue weighted by Crippen LogP contribution is 2.25. The molecule has 1 aromatic carbocycles. The Morgan fingerprint density at radius 1 is 1.15 bits per heavy atom. The first-order chi connectivity index (χ1) is 21.3. The monoisotopic (exact) mass is 558 g/mol. The van der Waals surface area contributed by atoms with Gasteiger partial charge in [-0.25, -0.2) is 9.97 Å². The summed E-state index contributed by atoms with van der Waals surface area (Å²) in [6.45, 7) is 1.53. The van der Waals surface area contributed by atoms with Crippen molar-refractivity contribution in [2.75, 3.05) is 51.4 Å². The average Bonchev–Trinajstić information content (AvgIpc) is 2.96. The first kappa shape index (κ1) is 23.9. The van der Waals surface area contributed by atoms with E-state index in [0.717, 1.165) is 22.6 Å². The maximum Gasteiger partial charge on any atom is 0.271 e. The Bertz CT molecular complexity index is 1400. The SMILES string of the molecule is [2H]C([2H])([2H])N(C/C=C/C(=O)N(C)[C@@H](C)C(=O)NCCc1cccc(Nc2nc(N(C)C(C)C)c(CC)nc2C(N)=O)c1)C([2H])([2H])[2H]. The molecule has 11 heteroatoms. The first-order valence-electron chi connectivity index (χ1n) is 16.1. The van der Waals surface area contributed by atoms with Crippen molar-refractivity contribution in [3.8, 4) is 0 Å². The van der Waals surface area contributed by atoms with E-state index in [1.807, 2.05) is 50.9 Å². The number of aryl methyl sites for hydroxylation is 1. The molecule has 11 nitrogen and oxygen atoms in total. The predicted octanol–water partition coefficient (Wildman–Crippen LogP) is 2.35. The zero-order valence-corrected chi connectivity index (χ0v) is 24.0. The molecule has 1 aromatic heterocycles. The Morgan fingerprint density at radius 2 is 1.88 bits per heavy atom. The van der Waals surface area contributed by atoms with Crippen molar-refractivity contribution in [2.45, 2.75) is 52.6 Å². The molecule has 2 aromatic rings. The van der Waals surface area contributed by atoms with Crippen molar-refractivity contribution in [3.05, 3.63) is 53.4 Å². The minimum absolute atomic E-state index is 0.0322. The third-order valence-electron chi connectivity index (χ3n) is 6.38. The first-order valence-corrected chi connectivity index (χ1v) is 13.1. The molecule has 0 unspecified atom stereocenters. The van der Waals surface area contributed by atoms with E-state index in [9.17, 15) is 14.4 Å². The number of primary amides is 1. The smallest absolute Gasteiger partial charge is 0.271 e. The molecule has 0 saturated heterocycles. The standard InChI is InChI=1S/C29H44N8O3/c1-9-23-28(36(7)19(2)3)34-27(25(33-23)26(30)39)32-22-13-10-12-21(18-22)15-16-31-29(40)20(4)37(8)24(38)14-11-17-35(5)6/h10-14,18-20H,9,15-17H2,1-8H3,(H2,30,39)(H,31,40)(H,32,34)/b14-11+/t20-/m0/s1/i5D3,6D3. The number of rotatable bonds is 14. The molecule has 0 aliphatic rings. The van der Waals surface area contributed by atoms with Crippen LogP contribution >= 0.6 is 0 Å². The van der Waals surface area contributed by atoms with Crippen LogP contribution in [0.5, 0.6) is 0 Å². The van der Waals surface area contributed by atoms with Gasteiger partial charge in [-0.2, -0.15) is 0 Å². The fraction of sp³-hybridized carbons (Fsp3) is 0.483. The van der Waals surface area contributed by atoms with Gasteiger partial charge in [0.25, 0.3) is 5.91 Å². The van der Waals surface area contributed by atoms with Crippen molar-refractivity contribution in [1.29, 1.82) is 0 Å². The van der Waals surface area contributed by atoms with Crippen molar-refractivity contribution < 1.29 is 22.6 Å². The van der Waals surface area contributed by atoms with Crippen LogP contribution in [0, 0.1) is 0 Å². The van der Waals surface area contributed by atoms with E-state index in [2.05, 4.69) is 15.6 Å². The van der Waals surface area contributed by atoms with Crippen molar-refractivity contribution >= 4 is 35.0 Å². The Kier molecular flexibility index (Phi) is 8.93. The number of hydrogen-bond acceptors (Lipinski definition) is 8. The number of hydrogen-bond donors (Lipinski definition) is 3. The zero-order chi connectivity index (χ0) is 35.0. The summed E-state index contributed by atoms with van der Waals surface area (Å²) in [5.41, 5.74) is 7.83. The lowest BCUT2D eigenvalue weighted by molar-refractivity contribution is -0.135. The molecule has 0 aliphatic heterocycles. The summed E-state index contributed by atoms with van der Waals surface area (Å²) in [5, 5.41) is 5.95. The highest BCUT2D eigenvalue weighted by molar-refractivity contribution is 5.96. The van der Waals surface area contributed by atoms with Gasteiger partial charge < -0.3 is 31.1 Å². The number of benzene rings is 1. The van der Waals surface area contributed by atoms with Crippen LogP contribution < -0.4 is 21.3 Å². The van der Waals surface area contributed by atoms with Crippen LogP contribution in [-0.2, 0) is 22.4 Å². The average molecular weight is 559 g/mol. The van der Waals surface area contributed by atoms with Gasteiger partial charge in [0.15, 0.2) is 17.3 Å². The van der Waals surface area contributed by atoms with Crippen molar-refractivity contribution in [1.82, 2.24) is 25.1 Å². The van der Waals surface area contributed by atoms with E-state index in [-0.39, 0.29) is 24.1 Å². The van der Waals surface area contributed by atoms with Crippen molar-refractivity contribution in [2.24, 2.45) is 5.73 Å². The highest BCUT2D eigenvalue weighted by atomic mass is 16.2. The molecule has 0 radical (unpaired) electrons.